The zero-order chi connectivity index (χ0) is 15.8. The van der Waals surface area contributed by atoms with E-state index in [0.717, 1.165) is 37.1 Å². The zero-order valence-corrected chi connectivity index (χ0v) is 12.8. The van der Waals surface area contributed by atoms with Crippen molar-refractivity contribution >= 4 is 5.91 Å². The first-order valence-electron chi connectivity index (χ1n) is 8.13. The monoisotopic (exact) mass is 314 g/mol. The molecule has 2 aromatic rings. The van der Waals surface area contributed by atoms with Gasteiger partial charge in [-0.15, -0.1) is 10.2 Å². The fourth-order valence-corrected chi connectivity index (χ4v) is 3.18. The van der Waals surface area contributed by atoms with Crippen LogP contribution >= 0.6 is 0 Å². The van der Waals surface area contributed by atoms with Crippen LogP contribution in [0.4, 0.5) is 4.39 Å². The number of nitrogens with zero attached hydrogens (tertiary/aromatic N) is 3. The Hall–Kier alpha value is -2.24. The molecule has 0 bridgehead atoms. The van der Waals surface area contributed by atoms with Gasteiger partial charge in [-0.3, -0.25) is 4.79 Å². The molecule has 1 aromatic heterocycles. The molecule has 1 fully saturated rings. The fourth-order valence-electron chi connectivity index (χ4n) is 3.18. The van der Waals surface area contributed by atoms with Gasteiger partial charge in [0, 0.05) is 25.1 Å². The van der Waals surface area contributed by atoms with Crippen molar-refractivity contribution in [1.29, 1.82) is 0 Å². The Bertz CT molecular complexity index is 738. The SMILES string of the molecule is O=C(NCc1ccc(C2CC2)cc1F)C1CCc2nncn2C1. The number of hydrogen-bond donors (Lipinski definition) is 1. The molecular weight excluding hydrogens is 295 g/mol. The standard InChI is InChI=1S/C17H19FN4O/c18-15-7-12(11-1-2-11)3-4-13(15)8-19-17(23)14-5-6-16-21-20-10-22(16)9-14/h3-4,7,10-11,14H,1-2,5-6,8-9H2,(H,19,23). The number of carbonyl (C=O) groups excluding carboxylic acids is 1. The first-order valence-corrected chi connectivity index (χ1v) is 8.13. The highest BCUT2D eigenvalue weighted by Gasteiger charge is 2.26. The minimum atomic E-state index is -0.223. The van der Waals surface area contributed by atoms with E-state index in [1.807, 2.05) is 10.6 Å². The number of rotatable bonds is 4. The molecule has 1 N–H and O–H groups in total. The van der Waals surface area contributed by atoms with Crippen LogP contribution in [0.25, 0.3) is 0 Å². The van der Waals surface area contributed by atoms with Crippen molar-refractivity contribution in [2.45, 2.75) is 44.7 Å². The van der Waals surface area contributed by atoms with Crippen LogP contribution in [0.2, 0.25) is 0 Å². The van der Waals surface area contributed by atoms with Gasteiger partial charge in [0.1, 0.15) is 18.0 Å². The molecule has 0 spiro atoms. The molecule has 4 rings (SSSR count). The first-order chi connectivity index (χ1) is 11.2. The average molecular weight is 314 g/mol. The maximum absolute atomic E-state index is 14.1. The quantitative estimate of drug-likeness (QED) is 0.941. The molecule has 6 heteroatoms. The van der Waals surface area contributed by atoms with Crippen molar-refractivity contribution in [3.05, 3.63) is 47.3 Å². The lowest BCUT2D eigenvalue weighted by molar-refractivity contribution is -0.126. The summed E-state index contributed by atoms with van der Waals surface area (Å²) in [7, 11) is 0. The van der Waals surface area contributed by atoms with E-state index in [0.29, 0.717) is 18.0 Å². The minimum absolute atomic E-state index is 0.0324. The Labute approximate surface area is 133 Å². The van der Waals surface area contributed by atoms with Gasteiger partial charge in [0.25, 0.3) is 0 Å². The number of aromatic nitrogens is 3. The van der Waals surface area contributed by atoms with Gasteiger partial charge >= 0.3 is 0 Å². The lowest BCUT2D eigenvalue weighted by Crippen LogP contribution is -2.35. The Balaban J connectivity index is 1.36. The lowest BCUT2D eigenvalue weighted by atomic mass is 9.98. The third-order valence-electron chi connectivity index (χ3n) is 4.78. The van der Waals surface area contributed by atoms with E-state index in [2.05, 4.69) is 15.5 Å². The molecule has 1 aliphatic carbocycles. The molecule has 5 nitrogen and oxygen atoms in total. The van der Waals surface area contributed by atoms with E-state index in [9.17, 15) is 9.18 Å². The van der Waals surface area contributed by atoms with Gasteiger partial charge in [0.15, 0.2) is 0 Å². The second kappa shape index (κ2) is 5.76. The van der Waals surface area contributed by atoms with Gasteiger partial charge in [0.05, 0.1) is 5.92 Å². The van der Waals surface area contributed by atoms with Crippen LogP contribution in [0.15, 0.2) is 24.5 Å². The molecular formula is C17H19FN4O. The number of carbonyl (C=O) groups is 1. The summed E-state index contributed by atoms with van der Waals surface area (Å²) in [5.41, 5.74) is 1.62. The lowest BCUT2D eigenvalue weighted by Gasteiger charge is -2.22. The van der Waals surface area contributed by atoms with Crippen molar-refractivity contribution < 1.29 is 9.18 Å². The number of aryl methyl sites for hydroxylation is 1. The third kappa shape index (κ3) is 2.98. The van der Waals surface area contributed by atoms with Crippen molar-refractivity contribution in [2.75, 3.05) is 0 Å². The van der Waals surface area contributed by atoms with Crippen LogP contribution in [-0.2, 0) is 24.3 Å². The molecule has 1 atom stereocenters. The zero-order valence-electron chi connectivity index (χ0n) is 12.8. The number of nitrogens with one attached hydrogen (secondary N) is 1. The topological polar surface area (TPSA) is 59.8 Å². The molecule has 1 amide bonds. The summed E-state index contributed by atoms with van der Waals surface area (Å²) in [5.74, 6) is 1.10. The van der Waals surface area contributed by atoms with Crippen LogP contribution in [0.5, 0.6) is 0 Å². The summed E-state index contributed by atoms with van der Waals surface area (Å²) < 4.78 is 16.0. The summed E-state index contributed by atoms with van der Waals surface area (Å²) in [6, 6.07) is 5.39. The molecule has 1 unspecified atom stereocenters. The fraction of sp³-hybridized carbons (Fsp3) is 0.471. The Kier molecular flexibility index (Phi) is 3.59. The van der Waals surface area contributed by atoms with Crippen molar-refractivity contribution in [2.24, 2.45) is 5.92 Å². The van der Waals surface area contributed by atoms with Gasteiger partial charge in [-0.1, -0.05) is 12.1 Å². The highest BCUT2D eigenvalue weighted by atomic mass is 19.1. The van der Waals surface area contributed by atoms with Gasteiger partial charge in [0.2, 0.25) is 5.91 Å². The molecule has 120 valence electrons. The molecule has 2 heterocycles. The van der Waals surface area contributed by atoms with Crippen LogP contribution in [0.1, 0.15) is 42.1 Å². The smallest absolute Gasteiger partial charge is 0.225 e. The molecule has 1 saturated carbocycles. The van der Waals surface area contributed by atoms with E-state index in [4.69, 9.17) is 0 Å². The van der Waals surface area contributed by atoms with Crippen LogP contribution in [0.3, 0.4) is 0 Å². The highest BCUT2D eigenvalue weighted by molar-refractivity contribution is 5.78. The van der Waals surface area contributed by atoms with Crippen molar-refractivity contribution in [1.82, 2.24) is 20.1 Å². The van der Waals surface area contributed by atoms with E-state index in [-0.39, 0.29) is 24.2 Å². The molecule has 1 aromatic carbocycles. The van der Waals surface area contributed by atoms with Gasteiger partial charge < -0.3 is 9.88 Å². The second-order valence-corrected chi connectivity index (χ2v) is 6.48. The maximum atomic E-state index is 14.1. The van der Waals surface area contributed by atoms with Gasteiger partial charge in [-0.2, -0.15) is 0 Å². The Morgan fingerprint density at radius 3 is 3.00 bits per heavy atom. The minimum Gasteiger partial charge on any atom is -0.352 e. The predicted octanol–water partition coefficient (Wildman–Crippen LogP) is 2.17. The number of fused-ring (bicyclic) bond motifs is 1. The van der Waals surface area contributed by atoms with Crippen molar-refractivity contribution in [3.8, 4) is 0 Å². The number of hydrogen-bond acceptors (Lipinski definition) is 3. The molecule has 0 saturated heterocycles. The summed E-state index contributed by atoms with van der Waals surface area (Å²) in [5, 5.41) is 10.7. The normalized spacial score (nSPS) is 20.1. The van der Waals surface area contributed by atoms with Gasteiger partial charge in [-0.05, 0) is 36.8 Å². The Morgan fingerprint density at radius 2 is 2.22 bits per heavy atom. The van der Waals surface area contributed by atoms with E-state index in [1.54, 1.807) is 18.5 Å². The first kappa shape index (κ1) is 14.4. The third-order valence-corrected chi connectivity index (χ3v) is 4.78. The van der Waals surface area contributed by atoms with Crippen molar-refractivity contribution in [3.63, 3.8) is 0 Å². The summed E-state index contributed by atoms with van der Waals surface area (Å²) in [6.07, 6.45) is 5.48. The highest BCUT2D eigenvalue weighted by Crippen LogP contribution is 2.40. The van der Waals surface area contributed by atoms with Crippen LogP contribution in [-0.4, -0.2) is 20.7 Å². The van der Waals surface area contributed by atoms with E-state index >= 15 is 0 Å². The van der Waals surface area contributed by atoms with Gasteiger partial charge in [-0.25, -0.2) is 4.39 Å². The number of halogens is 1. The number of amides is 1. The number of benzene rings is 1. The molecule has 1 aliphatic heterocycles. The van der Waals surface area contributed by atoms with Crippen LogP contribution in [0, 0.1) is 11.7 Å². The Morgan fingerprint density at radius 1 is 1.35 bits per heavy atom. The molecule has 0 radical (unpaired) electrons. The second-order valence-electron chi connectivity index (χ2n) is 6.48. The largest absolute Gasteiger partial charge is 0.352 e. The van der Waals surface area contributed by atoms with Crippen LogP contribution < -0.4 is 5.32 Å². The maximum Gasteiger partial charge on any atom is 0.225 e. The summed E-state index contributed by atoms with van der Waals surface area (Å²) >= 11 is 0. The van der Waals surface area contributed by atoms with E-state index < -0.39 is 0 Å². The summed E-state index contributed by atoms with van der Waals surface area (Å²) in [6.45, 7) is 0.832. The predicted molar refractivity (Wildman–Crippen MR) is 82.1 cm³/mol. The molecule has 23 heavy (non-hydrogen) atoms. The molecule has 2 aliphatic rings. The average Bonchev–Trinajstić information content (AvgIpc) is 3.30. The summed E-state index contributed by atoms with van der Waals surface area (Å²) in [4.78, 5) is 12.3. The van der Waals surface area contributed by atoms with E-state index in [1.165, 1.54) is 0 Å².